The number of nitrogens with two attached hydrogens (primary N) is 1. The monoisotopic (exact) mass is 323 g/mol. The second-order valence-electron chi connectivity index (χ2n) is 5.92. The van der Waals surface area contributed by atoms with Gasteiger partial charge in [-0.3, -0.25) is 0 Å². The molecule has 0 amide bonds. The molecule has 2 N–H and O–H groups in total. The van der Waals surface area contributed by atoms with Gasteiger partial charge in [0, 0.05) is 19.0 Å². The molecule has 0 saturated carbocycles. The summed E-state index contributed by atoms with van der Waals surface area (Å²) in [7, 11) is 0. The molecule has 0 aliphatic heterocycles. The molecule has 1 unspecified atom stereocenters. The van der Waals surface area contributed by atoms with Crippen LogP contribution in [0.3, 0.4) is 0 Å². The van der Waals surface area contributed by atoms with Crippen LogP contribution in [0.4, 0.5) is 0 Å². The Morgan fingerprint density at radius 1 is 1.08 bits per heavy atom. The van der Waals surface area contributed by atoms with Crippen molar-refractivity contribution in [2.75, 3.05) is 13.2 Å². The van der Waals surface area contributed by atoms with Crippen molar-refractivity contribution in [3.8, 4) is 5.75 Å². The van der Waals surface area contributed by atoms with E-state index in [-0.39, 0.29) is 5.92 Å². The zero-order chi connectivity index (χ0) is 16.9. The summed E-state index contributed by atoms with van der Waals surface area (Å²) in [5, 5.41) is 0. The van der Waals surface area contributed by atoms with Crippen LogP contribution in [0.15, 0.2) is 48.5 Å². The molecule has 126 valence electrons. The Hall–Kier alpha value is -2.33. The largest absolute Gasteiger partial charge is 0.494 e. The van der Waals surface area contributed by atoms with Crippen LogP contribution in [0.2, 0.25) is 0 Å². The number of nitrogens with zero attached hydrogens (tertiary/aromatic N) is 2. The van der Waals surface area contributed by atoms with E-state index in [0.29, 0.717) is 13.2 Å². The zero-order valence-corrected chi connectivity index (χ0v) is 14.4. The Labute approximate surface area is 143 Å². The maximum absolute atomic E-state index is 6.10. The number of rotatable bonds is 7. The van der Waals surface area contributed by atoms with E-state index in [1.165, 1.54) is 11.1 Å². The minimum Gasteiger partial charge on any atom is -0.494 e. The molecule has 4 heteroatoms. The number of para-hydroxylation sites is 2. The van der Waals surface area contributed by atoms with Crippen molar-refractivity contribution in [1.82, 2.24) is 9.55 Å². The minimum atomic E-state index is 0.204. The van der Waals surface area contributed by atoms with Crippen LogP contribution in [0.25, 0.3) is 11.0 Å². The fourth-order valence-corrected chi connectivity index (χ4v) is 3.19. The summed E-state index contributed by atoms with van der Waals surface area (Å²) in [5.74, 6) is 2.19. The van der Waals surface area contributed by atoms with Crippen LogP contribution < -0.4 is 10.5 Å². The second kappa shape index (κ2) is 7.49. The van der Waals surface area contributed by atoms with E-state index in [9.17, 15) is 0 Å². The van der Waals surface area contributed by atoms with Crippen LogP contribution in [0, 0.1) is 0 Å². The Morgan fingerprint density at radius 2 is 1.83 bits per heavy atom. The lowest BCUT2D eigenvalue weighted by atomic mass is 9.98. The first-order chi connectivity index (χ1) is 11.8. The van der Waals surface area contributed by atoms with Gasteiger partial charge in [0.05, 0.1) is 17.6 Å². The molecule has 24 heavy (non-hydrogen) atoms. The SMILES string of the molecule is CCOc1ccc(CC(CN)c2nc3ccccc3n2CC)cc1. The number of hydrogen-bond donors (Lipinski definition) is 1. The predicted molar refractivity (Wildman–Crippen MR) is 98.5 cm³/mol. The molecule has 0 saturated heterocycles. The van der Waals surface area contributed by atoms with Crippen molar-refractivity contribution in [2.24, 2.45) is 5.73 Å². The predicted octanol–water partition coefficient (Wildman–Crippen LogP) is 3.74. The van der Waals surface area contributed by atoms with E-state index >= 15 is 0 Å². The highest BCUT2D eigenvalue weighted by molar-refractivity contribution is 5.76. The number of imidazole rings is 1. The normalized spacial score (nSPS) is 12.5. The van der Waals surface area contributed by atoms with Gasteiger partial charge in [-0.1, -0.05) is 24.3 Å². The molecule has 1 aromatic heterocycles. The number of aromatic nitrogens is 2. The Bertz CT molecular complexity index is 792. The van der Waals surface area contributed by atoms with Crippen molar-refractivity contribution in [1.29, 1.82) is 0 Å². The lowest BCUT2D eigenvalue weighted by Crippen LogP contribution is -2.19. The molecule has 0 aliphatic rings. The quantitative estimate of drug-likeness (QED) is 0.720. The fourth-order valence-electron chi connectivity index (χ4n) is 3.19. The zero-order valence-electron chi connectivity index (χ0n) is 14.4. The van der Waals surface area contributed by atoms with Gasteiger partial charge in [0.25, 0.3) is 0 Å². The van der Waals surface area contributed by atoms with Crippen molar-refractivity contribution in [3.63, 3.8) is 0 Å². The summed E-state index contributed by atoms with van der Waals surface area (Å²) in [4.78, 5) is 4.86. The van der Waals surface area contributed by atoms with Gasteiger partial charge in [-0.25, -0.2) is 4.98 Å². The van der Waals surface area contributed by atoms with E-state index in [0.717, 1.165) is 30.1 Å². The highest BCUT2D eigenvalue weighted by atomic mass is 16.5. The van der Waals surface area contributed by atoms with Crippen molar-refractivity contribution >= 4 is 11.0 Å². The number of hydrogen-bond acceptors (Lipinski definition) is 3. The summed E-state index contributed by atoms with van der Waals surface area (Å²) in [5.41, 5.74) is 9.57. The molecule has 0 radical (unpaired) electrons. The first-order valence-corrected chi connectivity index (χ1v) is 8.63. The van der Waals surface area contributed by atoms with Crippen LogP contribution in [-0.4, -0.2) is 22.7 Å². The molecule has 0 bridgehead atoms. The average Bonchev–Trinajstić information content (AvgIpc) is 2.99. The van der Waals surface area contributed by atoms with Gasteiger partial charge in [0.15, 0.2) is 0 Å². The van der Waals surface area contributed by atoms with Gasteiger partial charge < -0.3 is 15.0 Å². The Balaban J connectivity index is 1.88. The summed E-state index contributed by atoms with van der Waals surface area (Å²) >= 11 is 0. The molecule has 3 aromatic rings. The van der Waals surface area contributed by atoms with Gasteiger partial charge in [-0.15, -0.1) is 0 Å². The van der Waals surface area contributed by atoms with Crippen LogP contribution in [0.5, 0.6) is 5.75 Å². The highest BCUT2D eigenvalue weighted by Gasteiger charge is 2.19. The Morgan fingerprint density at radius 3 is 2.50 bits per heavy atom. The van der Waals surface area contributed by atoms with Crippen molar-refractivity contribution in [3.05, 3.63) is 59.9 Å². The van der Waals surface area contributed by atoms with Gasteiger partial charge in [-0.05, 0) is 50.1 Å². The molecule has 0 fully saturated rings. The van der Waals surface area contributed by atoms with Gasteiger partial charge >= 0.3 is 0 Å². The molecular weight excluding hydrogens is 298 g/mol. The summed E-state index contributed by atoms with van der Waals surface area (Å²) in [6.07, 6.45) is 0.881. The van der Waals surface area contributed by atoms with Crippen LogP contribution in [-0.2, 0) is 13.0 Å². The maximum atomic E-state index is 6.10. The molecule has 0 aliphatic carbocycles. The lowest BCUT2D eigenvalue weighted by Gasteiger charge is -2.16. The maximum Gasteiger partial charge on any atom is 0.119 e. The smallest absolute Gasteiger partial charge is 0.119 e. The molecule has 1 heterocycles. The topological polar surface area (TPSA) is 53.1 Å². The lowest BCUT2D eigenvalue weighted by molar-refractivity contribution is 0.340. The average molecular weight is 323 g/mol. The first-order valence-electron chi connectivity index (χ1n) is 8.63. The Kier molecular flexibility index (Phi) is 5.16. The highest BCUT2D eigenvalue weighted by Crippen LogP contribution is 2.25. The third-order valence-electron chi connectivity index (χ3n) is 4.37. The summed E-state index contributed by atoms with van der Waals surface area (Å²) in [6.45, 7) is 6.31. The van der Waals surface area contributed by atoms with Gasteiger partial charge in [0.2, 0.25) is 0 Å². The number of benzene rings is 2. The van der Waals surface area contributed by atoms with E-state index in [1.807, 2.05) is 25.1 Å². The van der Waals surface area contributed by atoms with Gasteiger partial charge in [-0.2, -0.15) is 0 Å². The van der Waals surface area contributed by atoms with Crippen molar-refractivity contribution in [2.45, 2.75) is 32.7 Å². The second-order valence-corrected chi connectivity index (χ2v) is 5.92. The van der Waals surface area contributed by atoms with Crippen molar-refractivity contribution < 1.29 is 4.74 Å². The molecular formula is C20H25N3O. The van der Waals surface area contributed by atoms with E-state index in [1.54, 1.807) is 0 Å². The third kappa shape index (κ3) is 3.29. The number of fused-ring (bicyclic) bond motifs is 1. The molecule has 1 atom stereocenters. The molecule has 4 nitrogen and oxygen atoms in total. The van der Waals surface area contributed by atoms with Gasteiger partial charge in [0.1, 0.15) is 11.6 Å². The minimum absolute atomic E-state index is 0.204. The first kappa shape index (κ1) is 16.5. The van der Waals surface area contributed by atoms with E-state index in [4.69, 9.17) is 15.5 Å². The fraction of sp³-hybridized carbons (Fsp3) is 0.350. The summed E-state index contributed by atoms with van der Waals surface area (Å²) < 4.78 is 7.79. The standard InChI is InChI=1S/C20H25N3O/c1-3-23-19-8-6-5-7-18(19)22-20(23)16(14-21)13-15-9-11-17(12-10-15)24-4-2/h5-12,16H,3-4,13-14,21H2,1-2H3. The molecule has 3 rings (SSSR count). The third-order valence-corrected chi connectivity index (χ3v) is 4.37. The summed E-state index contributed by atoms with van der Waals surface area (Å²) in [6, 6.07) is 16.6. The number of aryl methyl sites for hydroxylation is 1. The van der Waals surface area contributed by atoms with Crippen LogP contribution in [0.1, 0.15) is 31.2 Å². The molecule has 2 aromatic carbocycles. The van der Waals surface area contributed by atoms with E-state index in [2.05, 4.69) is 41.8 Å². The van der Waals surface area contributed by atoms with Crippen LogP contribution >= 0.6 is 0 Å². The molecule has 0 spiro atoms. The number of ether oxygens (including phenoxy) is 1. The van der Waals surface area contributed by atoms with E-state index < -0.39 is 0 Å².